The Morgan fingerprint density at radius 3 is 2.24 bits per heavy atom. The minimum atomic E-state index is -1.22. The zero-order valence-corrected chi connectivity index (χ0v) is 22.1. The second kappa shape index (κ2) is 12.9. The lowest BCUT2D eigenvalue weighted by Gasteiger charge is -2.32. The number of carboxylic acids is 1. The highest BCUT2D eigenvalue weighted by Crippen LogP contribution is 2.36. The van der Waals surface area contributed by atoms with Crippen LogP contribution in [-0.4, -0.2) is 47.6 Å². The van der Waals surface area contributed by atoms with Gasteiger partial charge in [-0.1, -0.05) is 83.2 Å². The summed E-state index contributed by atoms with van der Waals surface area (Å²) >= 11 is 0. The van der Waals surface area contributed by atoms with Gasteiger partial charge >= 0.3 is 12.1 Å². The van der Waals surface area contributed by atoms with Crippen LogP contribution in [0.5, 0.6) is 0 Å². The average Bonchev–Trinajstić information content (AvgIpc) is 3.26. The smallest absolute Gasteiger partial charge is 0.408 e. The van der Waals surface area contributed by atoms with Crippen molar-refractivity contribution in [1.82, 2.24) is 16.0 Å². The van der Waals surface area contributed by atoms with Gasteiger partial charge in [0.25, 0.3) is 0 Å². The third-order valence-electron chi connectivity index (χ3n) is 7.31. The molecule has 1 aliphatic carbocycles. The Kier molecular flexibility index (Phi) is 9.94. The summed E-state index contributed by atoms with van der Waals surface area (Å²) in [6.45, 7) is 6.42. The molecule has 37 heavy (non-hydrogen) atoms. The maximum atomic E-state index is 13.3. The number of ether oxygens (including phenoxy) is 1. The molecule has 4 atom stereocenters. The second-order valence-electron chi connectivity index (χ2n) is 11.4. The first kappa shape index (κ1) is 28.5. The summed E-state index contributed by atoms with van der Waals surface area (Å²) in [5, 5.41) is 17.7. The maximum Gasteiger partial charge on any atom is 0.408 e. The summed E-state index contributed by atoms with van der Waals surface area (Å²) < 4.78 is 5.85. The lowest BCUT2D eigenvalue weighted by Crippen LogP contribution is -2.53. The number of hydrogen-bond donors (Lipinski definition) is 4. The van der Waals surface area contributed by atoms with Gasteiger partial charge in [0.2, 0.25) is 11.8 Å². The summed E-state index contributed by atoms with van der Waals surface area (Å²) in [6.07, 6.45) is 4.88. The van der Waals surface area contributed by atoms with Crippen molar-refractivity contribution in [3.05, 3.63) is 35.9 Å². The predicted molar refractivity (Wildman–Crippen MR) is 139 cm³/mol. The molecule has 0 aromatic heterocycles. The van der Waals surface area contributed by atoms with Crippen LogP contribution in [0.3, 0.4) is 0 Å². The van der Waals surface area contributed by atoms with Crippen LogP contribution in [0.4, 0.5) is 4.79 Å². The van der Waals surface area contributed by atoms with E-state index in [9.17, 15) is 24.3 Å². The van der Waals surface area contributed by atoms with Gasteiger partial charge in [-0.3, -0.25) is 9.59 Å². The number of rotatable bonds is 10. The first-order valence-electron chi connectivity index (χ1n) is 13.4. The van der Waals surface area contributed by atoms with E-state index in [1.165, 1.54) is 0 Å². The van der Waals surface area contributed by atoms with Crippen LogP contribution in [0, 0.1) is 17.3 Å². The Bertz CT molecular complexity index is 939. The molecule has 1 aromatic rings. The molecule has 1 saturated heterocycles. The van der Waals surface area contributed by atoms with E-state index in [0.29, 0.717) is 19.4 Å². The molecule has 9 nitrogen and oxygen atoms in total. The predicted octanol–water partition coefficient (Wildman–Crippen LogP) is 3.93. The minimum absolute atomic E-state index is 0.00755. The lowest BCUT2D eigenvalue weighted by molar-refractivity contribution is -0.143. The molecule has 0 bridgehead atoms. The summed E-state index contributed by atoms with van der Waals surface area (Å²) in [5.41, 5.74) is 0.454. The largest absolute Gasteiger partial charge is 0.480 e. The van der Waals surface area contributed by atoms with Crippen molar-refractivity contribution < 1.29 is 29.0 Å². The van der Waals surface area contributed by atoms with Gasteiger partial charge in [-0.25, -0.2) is 9.59 Å². The van der Waals surface area contributed by atoms with Crippen LogP contribution in [0.2, 0.25) is 0 Å². The number of aliphatic carboxylic acids is 1. The Morgan fingerprint density at radius 2 is 1.68 bits per heavy atom. The third kappa shape index (κ3) is 8.47. The number of carboxylic acid groups (broad SMARTS) is 1. The van der Waals surface area contributed by atoms with Gasteiger partial charge in [-0.2, -0.15) is 0 Å². The van der Waals surface area contributed by atoms with Crippen molar-refractivity contribution in [1.29, 1.82) is 0 Å². The fraction of sp³-hybridized carbons (Fsp3) is 0.643. The Balaban J connectivity index is 1.72. The Morgan fingerprint density at radius 1 is 1.00 bits per heavy atom. The van der Waals surface area contributed by atoms with E-state index in [0.717, 1.165) is 37.7 Å². The van der Waals surface area contributed by atoms with E-state index < -0.39 is 47.5 Å². The molecular weight excluding hydrogens is 474 g/mol. The normalized spacial score (nSPS) is 20.8. The van der Waals surface area contributed by atoms with Crippen molar-refractivity contribution in [2.75, 3.05) is 6.54 Å². The highest BCUT2D eigenvalue weighted by atomic mass is 16.6. The fourth-order valence-electron chi connectivity index (χ4n) is 5.29. The molecule has 3 unspecified atom stereocenters. The van der Waals surface area contributed by atoms with Crippen LogP contribution in [0.1, 0.15) is 83.8 Å². The van der Waals surface area contributed by atoms with Crippen molar-refractivity contribution in [2.45, 2.75) is 90.3 Å². The molecule has 204 valence electrons. The zero-order chi connectivity index (χ0) is 27.0. The van der Waals surface area contributed by atoms with Gasteiger partial charge in [-0.05, 0) is 30.7 Å². The monoisotopic (exact) mass is 515 g/mol. The zero-order valence-electron chi connectivity index (χ0n) is 22.1. The third-order valence-corrected chi connectivity index (χ3v) is 7.31. The van der Waals surface area contributed by atoms with Gasteiger partial charge in [0, 0.05) is 17.9 Å². The lowest BCUT2D eigenvalue weighted by atomic mass is 9.84. The number of benzene rings is 1. The topological polar surface area (TPSA) is 134 Å². The van der Waals surface area contributed by atoms with E-state index in [1.54, 1.807) is 0 Å². The number of alkyl carbamates (subject to hydrolysis) is 1. The molecule has 3 rings (SSSR count). The molecule has 4 N–H and O–H groups in total. The summed E-state index contributed by atoms with van der Waals surface area (Å²) in [6, 6.07) is 7.28. The molecular formula is C28H41N3O6. The molecule has 1 heterocycles. The van der Waals surface area contributed by atoms with Crippen molar-refractivity contribution >= 4 is 23.9 Å². The quantitative estimate of drug-likeness (QED) is 0.373. The van der Waals surface area contributed by atoms with Crippen LogP contribution < -0.4 is 16.0 Å². The second-order valence-corrected chi connectivity index (χ2v) is 11.4. The molecule has 1 saturated carbocycles. The standard InChI is InChI=1S/C28H41N3O6/c1-28(2,3)23(19-12-8-5-9-13-19)37-27(36)31-21(16-18-10-6-4-7-11-18)25(33)30-22(26(34)35)17-20-14-15-29-24(20)32/h5,8-9,12-13,18,20-23H,4,6-7,10-11,14-17H2,1-3H3,(H,29,32)(H,30,33)(H,31,36)(H,34,35)/t20-,21?,22?,23?/m0/s1. The number of nitrogens with one attached hydrogen (secondary N) is 3. The van der Waals surface area contributed by atoms with E-state index in [4.69, 9.17) is 4.74 Å². The Hall–Kier alpha value is -3.10. The summed E-state index contributed by atoms with van der Waals surface area (Å²) in [7, 11) is 0. The maximum absolute atomic E-state index is 13.3. The molecule has 1 aliphatic heterocycles. The van der Waals surface area contributed by atoms with Crippen LogP contribution >= 0.6 is 0 Å². The molecule has 2 fully saturated rings. The number of hydrogen-bond acceptors (Lipinski definition) is 5. The number of carbonyl (C=O) groups excluding carboxylic acids is 3. The Labute approximate surface area is 219 Å². The first-order chi connectivity index (χ1) is 17.5. The summed E-state index contributed by atoms with van der Waals surface area (Å²) in [4.78, 5) is 50.3. The van der Waals surface area contributed by atoms with Gasteiger partial charge in [0.1, 0.15) is 18.2 Å². The van der Waals surface area contributed by atoms with Crippen molar-refractivity contribution in [2.24, 2.45) is 17.3 Å². The van der Waals surface area contributed by atoms with Crippen molar-refractivity contribution in [3.8, 4) is 0 Å². The van der Waals surface area contributed by atoms with Gasteiger partial charge in [0.05, 0.1) is 0 Å². The highest BCUT2D eigenvalue weighted by Gasteiger charge is 2.35. The SMILES string of the molecule is CC(C)(C)C(OC(=O)NC(CC1CCCCC1)C(=O)NC(C[C@@H]1CCNC1=O)C(=O)O)c1ccccc1. The molecule has 9 heteroatoms. The van der Waals surface area contributed by atoms with Crippen LogP contribution in [-0.2, 0) is 19.1 Å². The van der Waals surface area contributed by atoms with Gasteiger partial charge < -0.3 is 25.8 Å². The summed E-state index contributed by atoms with van der Waals surface area (Å²) in [5.74, 6) is -2.19. The minimum Gasteiger partial charge on any atom is -0.480 e. The average molecular weight is 516 g/mol. The van der Waals surface area contributed by atoms with Crippen LogP contribution in [0.15, 0.2) is 30.3 Å². The highest BCUT2D eigenvalue weighted by molar-refractivity contribution is 5.90. The van der Waals surface area contributed by atoms with E-state index in [-0.39, 0.29) is 18.2 Å². The van der Waals surface area contributed by atoms with Gasteiger partial charge in [-0.15, -0.1) is 0 Å². The van der Waals surface area contributed by atoms with Gasteiger partial charge in [0.15, 0.2) is 0 Å². The molecule has 0 radical (unpaired) electrons. The van der Waals surface area contributed by atoms with E-state index in [1.807, 2.05) is 51.1 Å². The fourth-order valence-corrected chi connectivity index (χ4v) is 5.29. The first-order valence-corrected chi connectivity index (χ1v) is 13.4. The number of amides is 3. The molecule has 2 aliphatic rings. The number of carbonyl (C=O) groups is 4. The molecule has 0 spiro atoms. The van der Waals surface area contributed by atoms with E-state index >= 15 is 0 Å². The van der Waals surface area contributed by atoms with Crippen molar-refractivity contribution in [3.63, 3.8) is 0 Å². The molecule has 3 amide bonds. The van der Waals surface area contributed by atoms with Crippen LogP contribution in [0.25, 0.3) is 0 Å². The molecule has 1 aromatic carbocycles. The van der Waals surface area contributed by atoms with E-state index in [2.05, 4.69) is 16.0 Å².